The van der Waals surface area contributed by atoms with Crippen molar-refractivity contribution in [2.75, 3.05) is 20.1 Å². The fourth-order valence-corrected chi connectivity index (χ4v) is 1.58. The lowest BCUT2D eigenvalue weighted by atomic mass is 9.90. The molecule has 0 radical (unpaired) electrons. The minimum atomic E-state index is 0.516. The van der Waals surface area contributed by atoms with Gasteiger partial charge in [-0.1, -0.05) is 40.5 Å². The normalized spacial score (nSPS) is 12.4. The highest BCUT2D eigenvalue weighted by Crippen LogP contribution is 2.21. The standard InChI is InChI=1S/C13H29N/c1-6-7-11-14(5)12-9-8-10-13(2,3)4/h6-12H2,1-5H3. The number of rotatable bonds is 7. The minimum absolute atomic E-state index is 0.516. The number of hydrogen-bond donors (Lipinski definition) is 0. The van der Waals surface area contributed by atoms with Crippen LogP contribution >= 0.6 is 0 Å². The van der Waals surface area contributed by atoms with E-state index < -0.39 is 0 Å². The van der Waals surface area contributed by atoms with Crippen LogP contribution in [-0.2, 0) is 0 Å². The molecule has 14 heavy (non-hydrogen) atoms. The molecule has 0 bridgehead atoms. The molecule has 0 fully saturated rings. The second-order valence-corrected chi connectivity index (χ2v) is 5.67. The van der Waals surface area contributed by atoms with Gasteiger partial charge in [0.2, 0.25) is 0 Å². The maximum Gasteiger partial charge on any atom is -0.00218 e. The molecule has 0 aromatic heterocycles. The van der Waals surface area contributed by atoms with Crippen molar-refractivity contribution in [1.29, 1.82) is 0 Å². The molecule has 0 saturated carbocycles. The zero-order valence-electron chi connectivity index (χ0n) is 10.9. The first-order valence-electron chi connectivity index (χ1n) is 6.14. The zero-order chi connectivity index (χ0) is 11.0. The maximum atomic E-state index is 2.46. The third kappa shape index (κ3) is 10.0. The summed E-state index contributed by atoms with van der Waals surface area (Å²) in [5.74, 6) is 0. The van der Waals surface area contributed by atoms with E-state index in [0.29, 0.717) is 5.41 Å². The molecule has 0 aliphatic heterocycles. The molecule has 0 heterocycles. The predicted molar refractivity (Wildman–Crippen MR) is 65.7 cm³/mol. The van der Waals surface area contributed by atoms with Crippen molar-refractivity contribution in [3.05, 3.63) is 0 Å². The molecule has 0 aliphatic rings. The van der Waals surface area contributed by atoms with Gasteiger partial charge in [0.05, 0.1) is 0 Å². The molecule has 0 aliphatic carbocycles. The third-order valence-corrected chi connectivity index (χ3v) is 2.61. The highest BCUT2D eigenvalue weighted by molar-refractivity contribution is 4.62. The van der Waals surface area contributed by atoms with Gasteiger partial charge in [0.15, 0.2) is 0 Å². The van der Waals surface area contributed by atoms with Crippen molar-refractivity contribution in [2.24, 2.45) is 5.41 Å². The van der Waals surface area contributed by atoms with Gasteiger partial charge in [-0.3, -0.25) is 0 Å². The summed E-state index contributed by atoms with van der Waals surface area (Å²) in [6, 6.07) is 0. The van der Waals surface area contributed by atoms with Crippen molar-refractivity contribution in [3.8, 4) is 0 Å². The van der Waals surface area contributed by atoms with Crippen LogP contribution in [0.25, 0.3) is 0 Å². The van der Waals surface area contributed by atoms with E-state index in [-0.39, 0.29) is 0 Å². The summed E-state index contributed by atoms with van der Waals surface area (Å²) < 4.78 is 0. The number of unbranched alkanes of at least 4 members (excludes halogenated alkanes) is 2. The van der Waals surface area contributed by atoms with E-state index >= 15 is 0 Å². The Kier molecular flexibility index (Phi) is 7.26. The lowest BCUT2D eigenvalue weighted by Crippen LogP contribution is -2.21. The average Bonchev–Trinajstić information content (AvgIpc) is 2.07. The van der Waals surface area contributed by atoms with Crippen LogP contribution in [0.5, 0.6) is 0 Å². The summed E-state index contributed by atoms with van der Waals surface area (Å²) in [6.45, 7) is 11.8. The van der Waals surface area contributed by atoms with Gasteiger partial charge in [0.25, 0.3) is 0 Å². The molecular formula is C13H29N. The van der Waals surface area contributed by atoms with Crippen LogP contribution in [0, 0.1) is 5.41 Å². The van der Waals surface area contributed by atoms with Crippen LogP contribution in [0.4, 0.5) is 0 Å². The first kappa shape index (κ1) is 14.0. The summed E-state index contributed by atoms with van der Waals surface area (Å²) in [4.78, 5) is 2.46. The van der Waals surface area contributed by atoms with E-state index in [1.807, 2.05) is 0 Å². The van der Waals surface area contributed by atoms with Crippen molar-refractivity contribution in [3.63, 3.8) is 0 Å². The largest absolute Gasteiger partial charge is 0.306 e. The van der Waals surface area contributed by atoms with E-state index in [2.05, 4.69) is 39.6 Å². The van der Waals surface area contributed by atoms with Crippen molar-refractivity contribution >= 4 is 0 Å². The maximum absolute atomic E-state index is 2.46. The van der Waals surface area contributed by atoms with E-state index in [9.17, 15) is 0 Å². The Labute approximate surface area is 90.9 Å². The van der Waals surface area contributed by atoms with Crippen LogP contribution in [0.15, 0.2) is 0 Å². The Balaban J connectivity index is 3.27. The Hall–Kier alpha value is -0.0400. The van der Waals surface area contributed by atoms with Crippen LogP contribution in [0.3, 0.4) is 0 Å². The molecule has 0 rings (SSSR count). The van der Waals surface area contributed by atoms with Gasteiger partial charge in [0.1, 0.15) is 0 Å². The summed E-state index contributed by atoms with van der Waals surface area (Å²) in [5.41, 5.74) is 0.516. The third-order valence-electron chi connectivity index (χ3n) is 2.61. The van der Waals surface area contributed by atoms with Crippen LogP contribution in [0.2, 0.25) is 0 Å². The first-order chi connectivity index (χ1) is 6.45. The van der Waals surface area contributed by atoms with Gasteiger partial charge in [-0.05, 0) is 44.8 Å². The van der Waals surface area contributed by atoms with E-state index in [0.717, 1.165) is 0 Å². The van der Waals surface area contributed by atoms with Crippen LogP contribution < -0.4 is 0 Å². The van der Waals surface area contributed by atoms with Crippen LogP contribution in [0.1, 0.15) is 59.8 Å². The Bertz CT molecular complexity index is 124. The SMILES string of the molecule is CCCCN(C)CCCCC(C)(C)C. The highest BCUT2D eigenvalue weighted by atomic mass is 15.1. The average molecular weight is 199 g/mol. The smallest absolute Gasteiger partial charge is 0.00218 e. The summed E-state index contributed by atoms with van der Waals surface area (Å²) in [7, 11) is 2.24. The molecule has 1 heteroatoms. The molecule has 0 spiro atoms. The van der Waals surface area contributed by atoms with E-state index in [1.54, 1.807) is 0 Å². The van der Waals surface area contributed by atoms with Gasteiger partial charge < -0.3 is 4.90 Å². The predicted octanol–water partition coefficient (Wildman–Crippen LogP) is 3.93. The van der Waals surface area contributed by atoms with Gasteiger partial charge >= 0.3 is 0 Å². The molecule has 0 atom stereocenters. The molecule has 1 nitrogen and oxygen atoms in total. The molecule has 0 N–H and O–H groups in total. The second kappa shape index (κ2) is 7.28. The van der Waals surface area contributed by atoms with E-state index in [1.165, 1.54) is 45.2 Å². The van der Waals surface area contributed by atoms with Gasteiger partial charge in [0, 0.05) is 0 Å². The molecule has 0 saturated heterocycles. The Morgan fingerprint density at radius 2 is 1.50 bits per heavy atom. The number of nitrogens with zero attached hydrogens (tertiary/aromatic N) is 1. The molecule has 0 aromatic carbocycles. The topological polar surface area (TPSA) is 3.24 Å². The summed E-state index contributed by atoms with van der Waals surface area (Å²) in [5, 5.41) is 0. The van der Waals surface area contributed by atoms with Crippen molar-refractivity contribution in [2.45, 2.75) is 59.8 Å². The molecule has 0 unspecified atom stereocenters. The fourth-order valence-electron chi connectivity index (χ4n) is 1.58. The fraction of sp³-hybridized carbons (Fsp3) is 1.00. The number of hydrogen-bond acceptors (Lipinski definition) is 1. The highest BCUT2D eigenvalue weighted by Gasteiger charge is 2.09. The van der Waals surface area contributed by atoms with Crippen molar-refractivity contribution < 1.29 is 0 Å². The molecule has 0 amide bonds. The zero-order valence-corrected chi connectivity index (χ0v) is 10.9. The quantitative estimate of drug-likeness (QED) is 0.561. The lowest BCUT2D eigenvalue weighted by Gasteiger charge is -2.20. The Morgan fingerprint density at radius 3 is 2.00 bits per heavy atom. The van der Waals surface area contributed by atoms with Crippen molar-refractivity contribution in [1.82, 2.24) is 4.90 Å². The second-order valence-electron chi connectivity index (χ2n) is 5.67. The van der Waals surface area contributed by atoms with Gasteiger partial charge in [-0.25, -0.2) is 0 Å². The monoisotopic (exact) mass is 199 g/mol. The minimum Gasteiger partial charge on any atom is -0.306 e. The van der Waals surface area contributed by atoms with Crippen LogP contribution in [-0.4, -0.2) is 25.0 Å². The Morgan fingerprint density at radius 1 is 0.929 bits per heavy atom. The summed E-state index contributed by atoms with van der Waals surface area (Å²) in [6.07, 6.45) is 6.74. The van der Waals surface area contributed by atoms with Gasteiger partial charge in [-0.2, -0.15) is 0 Å². The van der Waals surface area contributed by atoms with Gasteiger partial charge in [-0.15, -0.1) is 0 Å². The lowest BCUT2D eigenvalue weighted by molar-refractivity contribution is 0.299. The molecular weight excluding hydrogens is 170 g/mol. The molecule has 86 valence electrons. The molecule has 0 aromatic rings. The van der Waals surface area contributed by atoms with E-state index in [4.69, 9.17) is 0 Å². The summed E-state index contributed by atoms with van der Waals surface area (Å²) >= 11 is 0. The first-order valence-corrected chi connectivity index (χ1v) is 6.14.